The Hall–Kier alpha value is -0.880. The quantitative estimate of drug-likeness (QED) is 0.838. The van der Waals surface area contributed by atoms with Crippen molar-refractivity contribution >= 4 is 12.4 Å². The fourth-order valence-electron chi connectivity index (χ4n) is 1.28. The molecule has 0 aliphatic carbocycles. The maximum atomic E-state index is 13.3. The first-order valence-corrected chi connectivity index (χ1v) is 4.54. The molecule has 0 saturated carbocycles. The van der Waals surface area contributed by atoms with Gasteiger partial charge in [0.25, 0.3) is 0 Å². The van der Waals surface area contributed by atoms with Crippen LogP contribution in [0, 0.1) is 5.82 Å². The molecule has 98 valence electrons. The zero-order valence-corrected chi connectivity index (χ0v) is 9.42. The van der Waals surface area contributed by atoms with E-state index < -0.39 is 30.3 Å². The van der Waals surface area contributed by atoms with Crippen LogP contribution in [0.25, 0.3) is 0 Å². The molecule has 0 unspecified atom stereocenters. The molecule has 0 bridgehead atoms. The topological polar surface area (TPSA) is 26.0 Å². The highest BCUT2D eigenvalue weighted by Gasteiger charge is 2.31. The molecule has 0 fully saturated rings. The third-order valence-corrected chi connectivity index (χ3v) is 2.15. The van der Waals surface area contributed by atoms with Crippen LogP contribution in [0.1, 0.15) is 23.6 Å². The van der Waals surface area contributed by atoms with Crippen LogP contribution in [0.15, 0.2) is 18.2 Å². The lowest BCUT2D eigenvalue weighted by atomic mass is 10.0. The van der Waals surface area contributed by atoms with Crippen LogP contribution in [0.5, 0.6) is 0 Å². The van der Waals surface area contributed by atoms with Crippen LogP contribution >= 0.6 is 12.4 Å². The van der Waals surface area contributed by atoms with E-state index in [2.05, 4.69) is 0 Å². The Labute approximate surface area is 101 Å². The molecule has 1 nitrogen and oxygen atoms in total. The van der Waals surface area contributed by atoms with Gasteiger partial charge in [0.05, 0.1) is 12.2 Å². The lowest BCUT2D eigenvalue weighted by molar-refractivity contribution is -0.137. The van der Waals surface area contributed by atoms with Gasteiger partial charge in [-0.1, -0.05) is 6.07 Å². The van der Waals surface area contributed by atoms with Crippen molar-refractivity contribution < 1.29 is 22.0 Å². The molecule has 17 heavy (non-hydrogen) atoms. The van der Waals surface area contributed by atoms with E-state index >= 15 is 0 Å². The second-order valence-electron chi connectivity index (χ2n) is 3.32. The van der Waals surface area contributed by atoms with Crippen LogP contribution in [0.2, 0.25) is 0 Å². The van der Waals surface area contributed by atoms with Crippen molar-refractivity contribution in [2.45, 2.75) is 18.6 Å². The van der Waals surface area contributed by atoms with E-state index in [4.69, 9.17) is 5.73 Å². The average Bonchev–Trinajstić information content (AvgIpc) is 2.16. The first-order valence-electron chi connectivity index (χ1n) is 4.54. The van der Waals surface area contributed by atoms with Gasteiger partial charge in [-0.25, -0.2) is 4.39 Å². The Morgan fingerprint density at radius 1 is 1.24 bits per heavy atom. The molecule has 0 radical (unpaired) electrons. The highest BCUT2D eigenvalue weighted by Crippen LogP contribution is 2.31. The summed E-state index contributed by atoms with van der Waals surface area (Å²) in [6, 6.07) is 1.12. The van der Waals surface area contributed by atoms with Gasteiger partial charge in [0.1, 0.15) is 5.82 Å². The van der Waals surface area contributed by atoms with Gasteiger partial charge in [-0.3, -0.25) is 4.39 Å². The van der Waals surface area contributed by atoms with Gasteiger partial charge in [0.15, 0.2) is 0 Å². The van der Waals surface area contributed by atoms with Gasteiger partial charge in [0.2, 0.25) is 0 Å². The summed E-state index contributed by atoms with van der Waals surface area (Å²) in [5, 5.41) is 0. The number of hydrogen-bond donors (Lipinski definition) is 1. The minimum atomic E-state index is -4.59. The third-order valence-electron chi connectivity index (χ3n) is 2.15. The molecule has 0 heterocycles. The van der Waals surface area contributed by atoms with Crippen molar-refractivity contribution in [2.75, 3.05) is 6.67 Å². The van der Waals surface area contributed by atoms with E-state index in [1.54, 1.807) is 0 Å². The Morgan fingerprint density at radius 2 is 1.82 bits per heavy atom. The molecule has 1 rings (SSSR count). The summed E-state index contributed by atoms with van der Waals surface area (Å²) in [5.41, 5.74) is 4.22. The first kappa shape index (κ1) is 16.1. The molecule has 1 aromatic carbocycles. The first-order chi connectivity index (χ1) is 7.36. The molecule has 0 saturated heterocycles. The molecular formula is C10H11ClF5N. The van der Waals surface area contributed by atoms with Crippen molar-refractivity contribution in [1.29, 1.82) is 0 Å². The van der Waals surface area contributed by atoms with Crippen molar-refractivity contribution in [2.24, 2.45) is 5.73 Å². The summed E-state index contributed by atoms with van der Waals surface area (Å²) in [6.07, 6.45) is -4.72. The fraction of sp³-hybridized carbons (Fsp3) is 0.400. The van der Waals surface area contributed by atoms with Crippen molar-refractivity contribution in [3.05, 3.63) is 35.1 Å². The zero-order valence-electron chi connectivity index (χ0n) is 8.60. The summed E-state index contributed by atoms with van der Waals surface area (Å²) in [5.74, 6) is -1.06. The molecule has 1 aromatic rings. The Kier molecular flexibility index (Phi) is 5.84. The minimum Gasteiger partial charge on any atom is -0.324 e. The fourth-order valence-corrected chi connectivity index (χ4v) is 1.28. The smallest absolute Gasteiger partial charge is 0.324 e. The average molecular weight is 276 g/mol. The maximum Gasteiger partial charge on any atom is 0.416 e. The Morgan fingerprint density at radius 3 is 2.24 bits per heavy atom. The van der Waals surface area contributed by atoms with Crippen LogP contribution in [0.3, 0.4) is 0 Å². The lowest BCUT2D eigenvalue weighted by Crippen LogP contribution is -2.14. The second-order valence-corrected chi connectivity index (χ2v) is 3.32. The number of benzene rings is 1. The summed E-state index contributed by atoms with van der Waals surface area (Å²) in [6.45, 7) is -0.748. The number of halogens is 6. The summed E-state index contributed by atoms with van der Waals surface area (Å²) >= 11 is 0. The van der Waals surface area contributed by atoms with Crippen molar-refractivity contribution in [3.8, 4) is 0 Å². The lowest BCUT2D eigenvalue weighted by Gasteiger charge is -2.13. The molecule has 2 N–H and O–H groups in total. The van der Waals surface area contributed by atoms with Crippen molar-refractivity contribution in [1.82, 2.24) is 0 Å². The minimum absolute atomic E-state index is 0. The summed E-state index contributed by atoms with van der Waals surface area (Å²) in [4.78, 5) is 0. The largest absolute Gasteiger partial charge is 0.416 e. The molecule has 7 heteroatoms. The van der Waals surface area contributed by atoms with E-state index in [1.807, 2.05) is 0 Å². The highest BCUT2D eigenvalue weighted by molar-refractivity contribution is 5.85. The highest BCUT2D eigenvalue weighted by atomic mass is 35.5. The van der Waals surface area contributed by atoms with Crippen LogP contribution in [-0.2, 0) is 6.18 Å². The van der Waals surface area contributed by atoms with E-state index in [1.165, 1.54) is 0 Å². The number of alkyl halides is 4. The zero-order chi connectivity index (χ0) is 12.3. The molecule has 0 aliphatic rings. The van der Waals surface area contributed by atoms with Gasteiger partial charge in [-0.2, -0.15) is 13.2 Å². The van der Waals surface area contributed by atoms with Crippen molar-refractivity contribution in [3.63, 3.8) is 0 Å². The van der Waals surface area contributed by atoms with Crippen LogP contribution in [-0.4, -0.2) is 6.67 Å². The third kappa shape index (κ3) is 4.12. The summed E-state index contributed by atoms with van der Waals surface area (Å²) in [7, 11) is 0. The van der Waals surface area contributed by atoms with E-state index in [0.717, 1.165) is 12.1 Å². The molecular weight excluding hydrogens is 265 g/mol. The SMILES string of the molecule is Cl.N[C@H](CCF)c1ccc(C(F)(F)F)cc1F. The molecule has 0 spiro atoms. The van der Waals surface area contributed by atoms with E-state index in [9.17, 15) is 22.0 Å². The number of hydrogen-bond acceptors (Lipinski definition) is 1. The Balaban J connectivity index is 0.00000256. The predicted octanol–water partition coefficient (Wildman–Crippen LogP) is 3.63. The van der Waals surface area contributed by atoms with E-state index in [0.29, 0.717) is 6.07 Å². The van der Waals surface area contributed by atoms with Gasteiger partial charge < -0.3 is 5.73 Å². The van der Waals surface area contributed by atoms with Crippen LogP contribution in [0.4, 0.5) is 22.0 Å². The Bertz CT molecular complexity index is 366. The van der Waals surface area contributed by atoms with Gasteiger partial charge >= 0.3 is 6.18 Å². The van der Waals surface area contributed by atoms with Gasteiger partial charge in [-0.15, -0.1) is 12.4 Å². The second kappa shape index (κ2) is 6.16. The monoisotopic (exact) mass is 275 g/mol. The van der Waals surface area contributed by atoms with Crippen LogP contribution < -0.4 is 5.73 Å². The molecule has 0 amide bonds. The van der Waals surface area contributed by atoms with Gasteiger partial charge in [0, 0.05) is 11.6 Å². The number of nitrogens with two attached hydrogens (primary N) is 1. The predicted molar refractivity (Wildman–Crippen MR) is 56.2 cm³/mol. The van der Waals surface area contributed by atoms with E-state index in [-0.39, 0.29) is 24.4 Å². The summed E-state index contributed by atoms with van der Waals surface area (Å²) < 4.78 is 61.8. The normalized spacial score (nSPS) is 13.1. The van der Waals surface area contributed by atoms with Gasteiger partial charge in [-0.05, 0) is 18.6 Å². The molecule has 0 aromatic heterocycles. The number of rotatable bonds is 3. The molecule has 1 atom stereocenters. The molecule has 0 aliphatic heterocycles. The maximum absolute atomic E-state index is 13.3. The standard InChI is InChI=1S/C10H10F5N.ClH/c11-4-3-9(16)7-2-1-6(5-8(7)12)10(13,14)15;/h1-2,5,9H,3-4,16H2;1H/t9-;/m1./s1.